The molecule has 172 valence electrons. The topological polar surface area (TPSA) is 45.7 Å². The lowest BCUT2D eigenvalue weighted by atomic mass is 10.1. The van der Waals surface area contributed by atoms with Crippen molar-refractivity contribution in [3.05, 3.63) is 58.1 Å². The van der Waals surface area contributed by atoms with Crippen LogP contribution in [0.2, 0.25) is 5.02 Å². The van der Waals surface area contributed by atoms with Gasteiger partial charge in [0.2, 0.25) is 5.91 Å². The van der Waals surface area contributed by atoms with Gasteiger partial charge in [0.05, 0.1) is 29.9 Å². The Kier molecular flexibility index (Phi) is 8.91. The van der Waals surface area contributed by atoms with Crippen LogP contribution in [0.15, 0.2) is 36.4 Å². The van der Waals surface area contributed by atoms with Gasteiger partial charge < -0.3 is 4.74 Å². The Morgan fingerprint density at radius 2 is 2.00 bits per heavy atom. The minimum Gasteiger partial charge on any atom is -0.379 e. The quantitative estimate of drug-likeness (QED) is 0.448. The van der Waals surface area contributed by atoms with Crippen LogP contribution < -0.4 is 4.90 Å². The molecule has 2 aromatic carbocycles. The number of halogens is 2. The lowest BCUT2D eigenvalue weighted by Crippen LogP contribution is -2.39. The lowest BCUT2D eigenvalue weighted by Gasteiger charge is -2.27. The maximum absolute atomic E-state index is 13.4. The molecule has 1 saturated heterocycles. The van der Waals surface area contributed by atoms with E-state index in [-0.39, 0.29) is 18.3 Å². The fourth-order valence-corrected chi connectivity index (χ4v) is 5.12. The summed E-state index contributed by atoms with van der Waals surface area (Å²) in [6.07, 6.45) is 1.27. The molecule has 0 atom stereocenters. The SMILES string of the molecule is Cc1cccc(CC(=O)N(CCCN2CCOCC2)c2nc3c(C)c(Cl)ccc3s2)c1.Cl. The third-order valence-electron chi connectivity index (χ3n) is 5.67. The zero-order valence-electron chi connectivity index (χ0n) is 18.5. The van der Waals surface area contributed by atoms with Gasteiger partial charge in [-0.3, -0.25) is 14.6 Å². The largest absolute Gasteiger partial charge is 0.379 e. The number of carbonyl (C=O) groups excluding carboxylic acids is 1. The molecule has 0 saturated carbocycles. The van der Waals surface area contributed by atoms with Crippen LogP contribution in [0.25, 0.3) is 10.2 Å². The summed E-state index contributed by atoms with van der Waals surface area (Å²) in [6.45, 7) is 9.11. The minimum atomic E-state index is 0. The highest BCUT2D eigenvalue weighted by molar-refractivity contribution is 7.22. The van der Waals surface area contributed by atoms with E-state index >= 15 is 0 Å². The molecule has 32 heavy (non-hydrogen) atoms. The summed E-state index contributed by atoms with van der Waals surface area (Å²) in [7, 11) is 0. The van der Waals surface area contributed by atoms with E-state index in [2.05, 4.69) is 11.0 Å². The Hall–Kier alpha value is -1.70. The summed E-state index contributed by atoms with van der Waals surface area (Å²) in [6, 6.07) is 12.0. The molecule has 1 fully saturated rings. The van der Waals surface area contributed by atoms with Gasteiger partial charge in [0.15, 0.2) is 5.13 Å². The predicted octanol–water partition coefficient (Wildman–Crippen LogP) is 5.29. The van der Waals surface area contributed by atoms with E-state index < -0.39 is 0 Å². The van der Waals surface area contributed by atoms with E-state index in [1.165, 1.54) is 0 Å². The molecule has 0 bridgehead atoms. The maximum Gasteiger partial charge on any atom is 0.233 e. The van der Waals surface area contributed by atoms with Crippen LogP contribution >= 0.6 is 35.3 Å². The van der Waals surface area contributed by atoms with Crippen molar-refractivity contribution in [2.45, 2.75) is 26.7 Å². The van der Waals surface area contributed by atoms with Gasteiger partial charge in [0, 0.05) is 31.2 Å². The molecule has 3 aromatic rings. The van der Waals surface area contributed by atoms with Crippen LogP contribution in [0.5, 0.6) is 0 Å². The van der Waals surface area contributed by atoms with Gasteiger partial charge in [-0.05, 0) is 43.5 Å². The average molecular weight is 494 g/mol. The summed E-state index contributed by atoms with van der Waals surface area (Å²) < 4.78 is 6.49. The second-order valence-electron chi connectivity index (χ2n) is 8.03. The standard InChI is InChI=1S/C24H28ClN3O2S.ClH/c1-17-5-3-6-19(15-17)16-22(29)28(10-4-9-27-11-13-30-14-12-27)24-26-23-18(2)20(25)7-8-21(23)31-24;/h3,5-8,15H,4,9-14,16H2,1-2H3;1H. The van der Waals surface area contributed by atoms with Crippen molar-refractivity contribution in [2.24, 2.45) is 0 Å². The van der Waals surface area contributed by atoms with Gasteiger partial charge in [0.25, 0.3) is 0 Å². The fraction of sp³-hybridized carbons (Fsp3) is 0.417. The Labute approximate surface area is 204 Å². The summed E-state index contributed by atoms with van der Waals surface area (Å²) in [4.78, 5) is 22.5. The number of amides is 1. The zero-order chi connectivity index (χ0) is 21.8. The van der Waals surface area contributed by atoms with Gasteiger partial charge in [-0.2, -0.15) is 0 Å². The molecule has 1 aliphatic heterocycles. The van der Waals surface area contributed by atoms with Crippen molar-refractivity contribution in [1.82, 2.24) is 9.88 Å². The number of ether oxygens (including phenoxy) is 1. The number of anilines is 1. The van der Waals surface area contributed by atoms with E-state index in [1.807, 2.05) is 49.1 Å². The second kappa shape index (κ2) is 11.4. The molecule has 0 aliphatic carbocycles. The molecule has 1 aromatic heterocycles. The second-order valence-corrected chi connectivity index (χ2v) is 9.45. The third kappa shape index (κ3) is 6.00. The number of aromatic nitrogens is 1. The number of morpholine rings is 1. The number of hydrogen-bond acceptors (Lipinski definition) is 5. The highest BCUT2D eigenvalue weighted by Gasteiger charge is 2.21. The van der Waals surface area contributed by atoms with Crippen molar-refractivity contribution < 1.29 is 9.53 Å². The number of rotatable bonds is 7. The Balaban J connectivity index is 0.00000289. The fourth-order valence-electron chi connectivity index (χ4n) is 3.90. The number of aryl methyl sites for hydroxylation is 2. The molecule has 1 amide bonds. The lowest BCUT2D eigenvalue weighted by molar-refractivity contribution is -0.118. The number of hydrogen-bond donors (Lipinski definition) is 0. The van der Waals surface area contributed by atoms with E-state index in [0.29, 0.717) is 18.0 Å². The molecule has 4 rings (SSSR count). The van der Waals surface area contributed by atoms with Crippen molar-refractivity contribution >= 4 is 56.6 Å². The van der Waals surface area contributed by atoms with Crippen LogP contribution in [-0.4, -0.2) is 55.2 Å². The highest BCUT2D eigenvalue weighted by atomic mass is 35.5. The first kappa shape index (κ1) is 24.9. The Morgan fingerprint density at radius 1 is 1.22 bits per heavy atom. The molecule has 8 heteroatoms. The molecular formula is C24H29Cl2N3O2S. The maximum atomic E-state index is 13.4. The molecule has 5 nitrogen and oxygen atoms in total. The normalized spacial score (nSPS) is 14.3. The van der Waals surface area contributed by atoms with Crippen molar-refractivity contribution in [1.29, 1.82) is 0 Å². The Bertz CT molecular complexity index is 1070. The minimum absolute atomic E-state index is 0. The molecule has 0 unspecified atom stereocenters. The highest BCUT2D eigenvalue weighted by Crippen LogP contribution is 2.34. The van der Waals surface area contributed by atoms with Crippen LogP contribution in [0.4, 0.5) is 5.13 Å². The van der Waals surface area contributed by atoms with Gasteiger partial charge >= 0.3 is 0 Å². The van der Waals surface area contributed by atoms with E-state index in [4.69, 9.17) is 21.3 Å². The molecule has 0 spiro atoms. The molecule has 0 radical (unpaired) electrons. The van der Waals surface area contributed by atoms with E-state index in [0.717, 1.165) is 71.3 Å². The molecule has 0 N–H and O–H groups in total. The number of fused-ring (bicyclic) bond motifs is 1. The first-order valence-corrected chi connectivity index (χ1v) is 11.9. The van der Waals surface area contributed by atoms with Gasteiger partial charge in [0.1, 0.15) is 0 Å². The smallest absolute Gasteiger partial charge is 0.233 e. The number of carbonyl (C=O) groups is 1. The predicted molar refractivity (Wildman–Crippen MR) is 136 cm³/mol. The van der Waals surface area contributed by atoms with Crippen molar-refractivity contribution in [2.75, 3.05) is 44.3 Å². The summed E-state index contributed by atoms with van der Waals surface area (Å²) in [5.41, 5.74) is 4.04. The molecule has 2 heterocycles. The van der Waals surface area contributed by atoms with Gasteiger partial charge in [-0.25, -0.2) is 4.98 Å². The summed E-state index contributed by atoms with van der Waals surface area (Å²) >= 11 is 7.86. The van der Waals surface area contributed by atoms with Crippen LogP contribution in [0.1, 0.15) is 23.1 Å². The summed E-state index contributed by atoms with van der Waals surface area (Å²) in [5, 5.41) is 1.45. The van der Waals surface area contributed by atoms with Crippen LogP contribution in [0.3, 0.4) is 0 Å². The monoisotopic (exact) mass is 493 g/mol. The molecule has 1 aliphatic rings. The zero-order valence-corrected chi connectivity index (χ0v) is 20.9. The van der Waals surface area contributed by atoms with Gasteiger partial charge in [-0.15, -0.1) is 12.4 Å². The third-order valence-corrected chi connectivity index (χ3v) is 7.12. The summed E-state index contributed by atoms with van der Waals surface area (Å²) in [5.74, 6) is 0.0791. The van der Waals surface area contributed by atoms with E-state index in [1.54, 1.807) is 11.3 Å². The number of thiazole rings is 1. The average Bonchev–Trinajstić information content (AvgIpc) is 3.19. The van der Waals surface area contributed by atoms with Crippen molar-refractivity contribution in [3.63, 3.8) is 0 Å². The number of nitrogens with zero attached hydrogens (tertiary/aromatic N) is 3. The molecular weight excluding hydrogens is 465 g/mol. The van der Waals surface area contributed by atoms with Crippen molar-refractivity contribution in [3.8, 4) is 0 Å². The first-order chi connectivity index (χ1) is 15.0. The van der Waals surface area contributed by atoms with Crippen LogP contribution in [-0.2, 0) is 16.0 Å². The van der Waals surface area contributed by atoms with Crippen LogP contribution in [0, 0.1) is 13.8 Å². The van der Waals surface area contributed by atoms with Gasteiger partial charge in [-0.1, -0.05) is 52.8 Å². The van der Waals surface area contributed by atoms with E-state index in [9.17, 15) is 4.79 Å². The Morgan fingerprint density at radius 3 is 2.75 bits per heavy atom. The first-order valence-electron chi connectivity index (χ1n) is 10.7. The number of benzene rings is 2.